The summed E-state index contributed by atoms with van der Waals surface area (Å²) in [5.41, 5.74) is 0.602. The minimum Gasteiger partial charge on any atom is -0.358 e. The van der Waals surface area contributed by atoms with Crippen LogP contribution in [-0.2, 0) is 0 Å². The highest BCUT2D eigenvalue weighted by Crippen LogP contribution is 2.20. The molecule has 1 aromatic heterocycles. The van der Waals surface area contributed by atoms with E-state index in [4.69, 9.17) is 0 Å². The molecule has 0 spiro atoms. The zero-order chi connectivity index (χ0) is 10.1. The largest absolute Gasteiger partial charge is 0.358 e. The molecule has 0 unspecified atom stereocenters. The molecule has 0 atom stereocenters. The first-order chi connectivity index (χ1) is 5.95. The summed E-state index contributed by atoms with van der Waals surface area (Å²) in [6, 6.07) is 1.57. The Labute approximate surface area is 77.2 Å². The molecule has 0 aromatic carbocycles. The number of rotatable bonds is 2. The molecule has 1 heterocycles. The van der Waals surface area contributed by atoms with E-state index >= 15 is 0 Å². The van der Waals surface area contributed by atoms with Gasteiger partial charge in [-0.05, 0) is 6.07 Å². The summed E-state index contributed by atoms with van der Waals surface area (Å²) >= 11 is 0. The summed E-state index contributed by atoms with van der Waals surface area (Å²) in [5.74, 6) is 0.0388. The predicted octanol–water partition coefficient (Wildman–Crippen LogP) is 2.06. The molecular formula is C10H13NO2. The number of hydrogen-bond acceptors (Lipinski definition) is 2. The van der Waals surface area contributed by atoms with Crippen molar-refractivity contribution >= 4 is 12.1 Å². The van der Waals surface area contributed by atoms with E-state index in [1.54, 1.807) is 12.3 Å². The summed E-state index contributed by atoms with van der Waals surface area (Å²) in [4.78, 5) is 24.7. The summed E-state index contributed by atoms with van der Waals surface area (Å²) in [6.45, 7) is 5.55. The maximum absolute atomic E-state index is 11.7. The van der Waals surface area contributed by atoms with E-state index in [-0.39, 0.29) is 5.78 Å². The SMILES string of the molecule is CC(C)(C)C(=O)c1c[nH]c(C=O)c1. The van der Waals surface area contributed by atoms with Crippen LogP contribution in [0.1, 0.15) is 41.6 Å². The van der Waals surface area contributed by atoms with Gasteiger partial charge < -0.3 is 4.98 Å². The summed E-state index contributed by atoms with van der Waals surface area (Å²) < 4.78 is 0. The lowest BCUT2D eigenvalue weighted by atomic mass is 9.87. The van der Waals surface area contributed by atoms with Crippen molar-refractivity contribution in [2.24, 2.45) is 5.41 Å². The third-order valence-corrected chi connectivity index (χ3v) is 1.78. The van der Waals surface area contributed by atoms with Crippen LogP contribution in [-0.4, -0.2) is 17.1 Å². The van der Waals surface area contributed by atoms with Crippen molar-refractivity contribution in [2.75, 3.05) is 0 Å². The van der Waals surface area contributed by atoms with Crippen LogP contribution in [0.5, 0.6) is 0 Å². The van der Waals surface area contributed by atoms with Crippen molar-refractivity contribution in [3.05, 3.63) is 23.5 Å². The standard InChI is InChI=1S/C10H13NO2/c1-10(2,3)9(13)7-4-8(6-12)11-5-7/h4-6,11H,1-3H3. The maximum atomic E-state index is 11.7. The minimum atomic E-state index is -0.400. The van der Waals surface area contributed by atoms with Crippen LogP contribution in [0.4, 0.5) is 0 Å². The Morgan fingerprint density at radius 2 is 2.08 bits per heavy atom. The summed E-state index contributed by atoms with van der Waals surface area (Å²) in [5, 5.41) is 0. The first kappa shape index (κ1) is 9.71. The van der Waals surface area contributed by atoms with E-state index in [0.29, 0.717) is 17.5 Å². The number of hydrogen-bond donors (Lipinski definition) is 1. The molecule has 3 heteroatoms. The van der Waals surface area contributed by atoms with Gasteiger partial charge in [-0.15, -0.1) is 0 Å². The molecule has 0 aliphatic heterocycles. The van der Waals surface area contributed by atoms with Gasteiger partial charge in [0.25, 0.3) is 0 Å². The Bertz CT molecular complexity index is 331. The molecule has 0 radical (unpaired) electrons. The van der Waals surface area contributed by atoms with Crippen molar-refractivity contribution in [2.45, 2.75) is 20.8 Å². The highest BCUT2D eigenvalue weighted by atomic mass is 16.1. The second-order valence-corrected chi connectivity index (χ2v) is 4.04. The average molecular weight is 179 g/mol. The smallest absolute Gasteiger partial charge is 0.169 e. The lowest BCUT2D eigenvalue weighted by molar-refractivity contribution is 0.0858. The molecule has 0 aliphatic carbocycles. The van der Waals surface area contributed by atoms with Crippen molar-refractivity contribution < 1.29 is 9.59 Å². The molecule has 0 bridgehead atoms. The molecule has 1 rings (SSSR count). The van der Waals surface area contributed by atoms with Crippen LogP contribution in [0, 0.1) is 5.41 Å². The van der Waals surface area contributed by atoms with E-state index in [9.17, 15) is 9.59 Å². The molecule has 0 saturated carbocycles. The van der Waals surface area contributed by atoms with E-state index in [0.717, 1.165) is 0 Å². The molecule has 0 aliphatic rings. The number of Topliss-reactive ketones (excluding diaryl/α,β-unsaturated/α-hetero) is 1. The zero-order valence-electron chi connectivity index (χ0n) is 8.05. The van der Waals surface area contributed by atoms with Gasteiger partial charge in [0.05, 0.1) is 5.69 Å². The van der Waals surface area contributed by atoms with E-state index in [1.165, 1.54) is 0 Å². The monoisotopic (exact) mass is 179 g/mol. The van der Waals surface area contributed by atoms with Gasteiger partial charge in [-0.1, -0.05) is 20.8 Å². The van der Waals surface area contributed by atoms with Crippen LogP contribution >= 0.6 is 0 Å². The Morgan fingerprint density at radius 1 is 1.46 bits per heavy atom. The van der Waals surface area contributed by atoms with Crippen molar-refractivity contribution in [3.8, 4) is 0 Å². The lowest BCUT2D eigenvalue weighted by Gasteiger charge is -2.14. The van der Waals surface area contributed by atoms with E-state index < -0.39 is 5.41 Å². The molecular weight excluding hydrogens is 166 g/mol. The molecule has 0 fully saturated rings. The van der Waals surface area contributed by atoms with Gasteiger partial charge in [-0.25, -0.2) is 0 Å². The minimum absolute atomic E-state index is 0.0388. The maximum Gasteiger partial charge on any atom is 0.169 e. The molecule has 3 nitrogen and oxygen atoms in total. The first-order valence-corrected chi connectivity index (χ1v) is 4.13. The molecule has 70 valence electrons. The van der Waals surface area contributed by atoms with Gasteiger partial charge >= 0.3 is 0 Å². The lowest BCUT2D eigenvalue weighted by Crippen LogP contribution is -2.19. The van der Waals surface area contributed by atoms with E-state index in [1.807, 2.05) is 20.8 Å². The number of carbonyl (C=O) groups excluding carboxylic acids is 2. The topological polar surface area (TPSA) is 49.9 Å². The summed E-state index contributed by atoms with van der Waals surface area (Å²) in [6.07, 6.45) is 2.26. The van der Waals surface area contributed by atoms with Crippen LogP contribution in [0.2, 0.25) is 0 Å². The quantitative estimate of drug-likeness (QED) is 0.558. The Morgan fingerprint density at radius 3 is 2.46 bits per heavy atom. The number of aldehydes is 1. The second kappa shape index (κ2) is 3.17. The highest BCUT2D eigenvalue weighted by molar-refractivity contribution is 6.00. The molecule has 1 aromatic rings. The Hall–Kier alpha value is -1.38. The van der Waals surface area contributed by atoms with Gasteiger partial charge in [0.15, 0.2) is 12.1 Å². The van der Waals surface area contributed by atoms with Gasteiger partial charge in [0, 0.05) is 17.2 Å². The van der Waals surface area contributed by atoms with E-state index in [2.05, 4.69) is 4.98 Å². The fourth-order valence-corrected chi connectivity index (χ4v) is 1.04. The van der Waals surface area contributed by atoms with Crippen LogP contribution in [0.15, 0.2) is 12.3 Å². The third-order valence-electron chi connectivity index (χ3n) is 1.78. The average Bonchev–Trinajstić information content (AvgIpc) is 2.48. The number of aromatic nitrogens is 1. The number of aromatic amines is 1. The zero-order valence-corrected chi connectivity index (χ0v) is 8.05. The van der Waals surface area contributed by atoms with Crippen molar-refractivity contribution in [1.82, 2.24) is 4.98 Å². The first-order valence-electron chi connectivity index (χ1n) is 4.13. The van der Waals surface area contributed by atoms with Crippen molar-refractivity contribution in [1.29, 1.82) is 0 Å². The number of carbonyl (C=O) groups is 2. The van der Waals surface area contributed by atoms with Gasteiger partial charge in [-0.2, -0.15) is 0 Å². The summed E-state index contributed by atoms with van der Waals surface area (Å²) in [7, 11) is 0. The molecule has 13 heavy (non-hydrogen) atoms. The van der Waals surface area contributed by atoms with Crippen LogP contribution in [0.3, 0.4) is 0 Å². The van der Waals surface area contributed by atoms with Crippen LogP contribution < -0.4 is 0 Å². The fraction of sp³-hybridized carbons (Fsp3) is 0.400. The number of H-pyrrole nitrogens is 1. The van der Waals surface area contributed by atoms with Crippen molar-refractivity contribution in [3.63, 3.8) is 0 Å². The van der Waals surface area contributed by atoms with Crippen LogP contribution in [0.25, 0.3) is 0 Å². The molecule has 1 N–H and O–H groups in total. The Kier molecular flexibility index (Phi) is 2.36. The second-order valence-electron chi connectivity index (χ2n) is 4.04. The number of ketones is 1. The molecule has 0 saturated heterocycles. The van der Waals surface area contributed by atoms with Gasteiger partial charge in [0.2, 0.25) is 0 Å². The third kappa shape index (κ3) is 2.05. The Balaban J connectivity index is 2.96. The van der Waals surface area contributed by atoms with Gasteiger partial charge in [-0.3, -0.25) is 9.59 Å². The fourth-order valence-electron chi connectivity index (χ4n) is 1.04. The number of nitrogens with one attached hydrogen (secondary N) is 1. The highest BCUT2D eigenvalue weighted by Gasteiger charge is 2.23. The van der Waals surface area contributed by atoms with Gasteiger partial charge in [0.1, 0.15) is 0 Å². The molecule has 0 amide bonds. The normalized spacial score (nSPS) is 11.3. The predicted molar refractivity (Wildman–Crippen MR) is 50.0 cm³/mol.